The number of fused-ring (bicyclic) bond motifs is 1. The van der Waals surface area contributed by atoms with Gasteiger partial charge in [0.2, 0.25) is 0 Å². The molecule has 0 saturated carbocycles. The molecule has 1 nitrogen and oxygen atoms in total. The van der Waals surface area contributed by atoms with Crippen molar-refractivity contribution < 1.29 is 4.79 Å². The molecule has 2 aromatic rings. The molecule has 3 rings (SSSR count). The first kappa shape index (κ1) is 10.3. The number of hydrogen-bond acceptors (Lipinski definition) is 1. The van der Waals surface area contributed by atoms with Gasteiger partial charge >= 0.3 is 0 Å². The van der Waals surface area contributed by atoms with E-state index in [0.717, 1.165) is 11.8 Å². The van der Waals surface area contributed by atoms with Gasteiger partial charge in [0.25, 0.3) is 0 Å². The predicted octanol–water partition coefficient (Wildman–Crippen LogP) is 3.65. The van der Waals surface area contributed by atoms with Crippen molar-refractivity contribution in [3.8, 4) is 11.1 Å². The van der Waals surface area contributed by atoms with Gasteiger partial charge in [-0.15, -0.1) is 0 Å². The molecule has 0 aliphatic heterocycles. The van der Waals surface area contributed by atoms with E-state index in [1.165, 1.54) is 41.5 Å². The lowest BCUT2D eigenvalue weighted by atomic mass is 9.96. The number of carbonyl (C=O) groups is 1. The van der Waals surface area contributed by atoms with Crippen LogP contribution in [0.25, 0.3) is 11.1 Å². The van der Waals surface area contributed by atoms with Crippen LogP contribution in [0.3, 0.4) is 0 Å². The van der Waals surface area contributed by atoms with Gasteiger partial charge in [0.15, 0.2) is 0 Å². The summed E-state index contributed by atoms with van der Waals surface area (Å²) in [5.74, 6) is 0. The molecule has 0 bridgehead atoms. The lowest BCUT2D eigenvalue weighted by Crippen LogP contribution is -1.88. The number of aldehydes is 1. The first-order chi connectivity index (χ1) is 8.38. The molecular formula is C16H14O. The third-order valence-corrected chi connectivity index (χ3v) is 3.50. The number of carbonyl (C=O) groups excluding carboxylic acids is 1. The van der Waals surface area contributed by atoms with E-state index in [-0.39, 0.29) is 0 Å². The molecule has 0 amide bonds. The largest absolute Gasteiger partial charge is 0.298 e. The van der Waals surface area contributed by atoms with Crippen LogP contribution in [0.15, 0.2) is 42.5 Å². The van der Waals surface area contributed by atoms with Gasteiger partial charge in [0.1, 0.15) is 6.29 Å². The molecule has 0 heterocycles. The summed E-state index contributed by atoms with van der Waals surface area (Å²) < 4.78 is 0. The number of rotatable bonds is 2. The zero-order valence-corrected chi connectivity index (χ0v) is 9.65. The third-order valence-electron chi connectivity index (χ3n) is 3.50. The minimum atomic E-state index is 0.737. The Morgan fingerprint density at radius 2 is 1.76 bits per heavy atom. The van der Waals surface area contributed by atoms with Gasteiger partial charge in [-0.2, -0.15) is 0 Å². The second-order valence-electron chi connectivity index (χ2n) is 4.54. The smallest absolute Gasteiger partial charge is 0.150 e. The van der Waals surface area contributed by atoms with Crippen molar-refractivity contribution in [3.63, 3.8) is 0 Å². The number of aryl methyl sites for hydroxylation is 1. The van der Waals surface area contributed by atoms with Crippen LogP contribution in [0.1, 0.15) is 27.9 Å². The molecular weight excluding hydrogens is 208 g/mol. The molecule has 0 saturated heterocycles. The van der Waals surface area contributed by atoms with E-state index in [0.29, 0.717) is 0 Å². The Balaban J connectivity index is 2.09. The maximum atomic E-state index is 10.6. The fourth-order valence-corrected chi connectivity index (χ4v) is 2.63. The van der Waals surface area contributed by atoms with Crippen molar-refractivity contribution in [2.24, 2.45) is 0 Å². The second-order valence-corrected chi connectivity index (χ2v) is 4.54. The molecule has 1 aliphatic rings. The Morgan fingerprint density at radius 1 is 0.941 bits per heavy atom. The fourth-order valence-electron chi connectivity index (χ4n) is 2.63. The van der Waals surface area contributed by atoms with E-state index in [2.05, 4.69) is 18.2 Å². The molecule has 84 valence electrons. The van der Waals surface area contributed by atoms with E-state index in [1.807, 2.05) is 24.3 Å². The van der Waals surface area contributed by atoms with E-state index in [9.17, 15) is 4.79 Å². The summed E-state index contributed by atoms with van der Waals surface area (Å²) in [6.07, 6.45) is 4.54. The number of benzene rings is 2. The highest BCUT2D eigenvalue weighted by atomic mass is 16.1. The van der Waals surface area contributed by atoms with Crippen molar-refractivity contribution in [2.75, 3.05) is 0 Å². The van der Waals surface area contributed by atoms with Gasteiger partial charge in [-0.05, 0) is 41.5 Å². The SMILES string of the molecule is O=Cc1ccc(-c2cccc3c2CCC3)cc1. The summed E-state index contributed by atoms with van der Waals surface area (Å²) in [6, 6.07) is 14.4. The first-order valence-electron chi connectivity index (χ1n) is 6.05. The Kier molecular flexibility index (Phi) is 2.52. The number of hydrogen-bond donors (Lipinski definition) is 0. The highest BCUT2D eigenvalue weighted by molar-refractivity contribution is 5.77. The van der Waals surface area contributed by atoms with E-state index >= 15 is 0 Å². The Morgan fingerprint density at radius 3 is 2.53 bits per heavy atom. The molecule has 0 radical (unpaired) electrons. The van der Waals surface area contributed by atoms with Gasteiger partial charge in [-0.3, -0.25) is 4.79 Å². The topological polar surface area (TPSA) is 17.1 Å². The first-order valence-corrected chi connectivity index (χ1v) is 6.05. The van der Waals surface area contributed by atoms with Crippen molar-refractivity contribution in [1.82, 2.24) is 0 Å². The average molecular weight is 222 g/mol. The Bertz CT molecular complexity index is 552. The van der Waals surface area contributed by atoms with Gasteiger partial charge < -0.3 is 0 Å². The van der Waals surface area contributed by atoms with Crippen LogP contribution < -0.4 is 0 Å². The quantitative estimate of drug-likeness (QED) is 0.709. The monoisotopic (exact) mass is 222 g/mol. The molecule has 0 aromatic heterocycles. The third kappa shape index (κ3) is 1.78. The second kappa shape index (κ2) is 4.17. The van der Waals surface area contributed by atoms with Crippen LogP contribution in [0.4, 0.5) is 0 Å². The Hall–Kier alpha value is -1.89. The van der Waals surface area contributed by atoms with Crippen LogP contribution in [0, 0.1) is 0 Å². The van der Waals surface area contributed by atoms with E-state index in [1.54, 1.807) is 0 Å². The van der Waals surface area contributed by atoms with Crippen molar-refractivity contribution in [1.29, 1.82) is 0 Å². The van der Waals surface area contributed by atoms with E-state index < -0.39 is 0 Å². The lowest BCUT2D eigenvalue weighted by Gasteiger charge is -2.08. The summed E-state index contributed by atoms with van der Waals surface area (Å²) in [5.41, 5.74) is 6.27. The predicted molar refractivity (Wildman–Crippen MR) is 69.3 cm³/mol. The summed E-state index contributed by atoms with van der Waals surface area (Å²) in [5, 5.41) is 0. The molecule has 0 unspecified atom stereocenters. The summed E-state index contributed by atoms with van der Waals surface area (Å²) in [4.78, 5) is 10.6. The highest BCUT2D eigenvalue weighted by Gasteiger charge is 2.14. The van der Waals surface area contributed by atoms with Crippen molar-refractivity contribution in [2.45, 2.75) is 19.3 Å². The lowest BCUT2D eigenvalue weighted by molar-refractivity contribution is 0.112. The minimum Gasteiger partial charge on any atom is -0.298 e. The molecule has 0 N–H and O–H groups in total. The van der Waals surface area contributed by atoms with Crippen molar-refractivity contribution in [3.05, 3.63) is 59.2 Å². The average Bonchev–Trinajstić information content (AvgIpc) is 2.87. The zero-order valence-electron chi connectivity index (χ0n) is 9.65. The summed E-state index contributed by atoms with van der Waals surface area (Å²) >= 11 is 0. The maximum Gasteiger partial charge on any atom is 0.150 e. The van der Waals surface area contributed by atoms with Gasteiger partial charge in [-0.25, -0.2) is 0 Å². The molecule has 1 aliphatic carbocycles. The van der Waals surface area contributed by atoms with Gasteiger partial charge in [0, 0.05) is 5.56 Å². The molecule has 17 heavy (non-hydrogen) atoms. The highest BCUT2D eigenvalue weighted by Crippen LogP contribution is 2.32. The standard InChI is InChI=1S/C16H14O/c17-11-12-7-9-14(10-8-12)16-6-2-4-13-3-1-5-15(13)16/h2,4,6-11H,1,3,5H2. The summed E-state index contributed by atoms with van der Waals surface area (Å²) in [6.45, 7) is 0. The molecule has 2 aromatic carbocycles. The van der Waals surface area contributed by atoms with Crippen LogP contribution in [-0.4, -0.2) is 6.29 Å². The van der Waals surface area contributed by atoms with Gasteiger partial charge in [0.05, 0.1) is 0 Å². The Labute approximate surface area is 101 Å². The molecule has 0 spiro atoms. The normalized spacial score (nSPS) is 13.4. The van der Waals surface area contributed by atoms with Gasteiger partial charge in [-0.1, -0.05) is 42.5 Å². The van der Waals surface area contributed by atoms with Crippen LogP contribution in [0.5, 0.6) is 0 Å². The maximum absolute atomic E-state index is 10.6. The van der Waals surface area contributed by atoms with Crippen LogP contribution in [-0.2, 0) is 12.8 Å². The fraction of sp³-hybridized carbons (Fsp3) is 0.188. The molecule has 0 fully saturated rings. The van der Waals surface area contributed by atoms with Crippen LogP contribution in [0.2, 0.25) is 0 Å². The zero-order chi connectivity index (χ0) is 11.7. The summed E-state index contributed by atoms with van der Waals surface area (Å²) in [7, 11) is 0. The minimum absolute atomic E-state index is 0.737. The molecule has 1 heteroatoms. The van der Waals surface area contributed by atoms with Crippen molar-refractivity contribution >= 4 is 6.29 Å². The van der Waals surface area contributed by atoms with E-state index in [4.69, 9.17) is 0 Å². The van der Waals surface area contributed by atoms with Crippen LogP contribution >= 0.6 is 0 Å². The molecule has 0 atom stereocenters.